The molecule has 3 aromatic carbocycles. The van der Waals surface area contributed by atoms with Crippen molar-refractivity contribution in [2.24, 2.45) is 16.8 Å². The number of alkyl halides is 3. The molecule has 3 aromatic rings. The normalized spacial score (nSPS) is 22.1. The van der Waals surface area contributed by atoms with E-state index in [1.165, 1.54) is 43.4 Å². The lowest BCUT2D eigenvalue weighted by atomic mass is 9.75. The van der Waals surface area contributed by atoms with E-state index < -0.39 is 12.5 Å². The summed E-state index contributed by atoms with van der Waals surface area (Å²) in [6, 6.07) is 26.7. The van der Waals surface area contributed by atoms with Crippen molar-refractivity contribution >= 4 is 11.6 Å². The van der Waals surface area contributed by atoms with E-state index in [4.69, 9.17) is 9.83 Å². The van der Waals surface area contributed by atoms with Crippen LogP contribution in [0.15, 0.2) is 89.9 Å². The van der Waals surface area contributed by atoms with Gasteiger partial charge in [-0.3, -0.25) is 0 Å². The molecular weight excluding hydrogens is 515 g/mol. The van der Waals surface area contributed by atoms with Crippen LogP contribution in [0.4, 0.5) is 18.9 Å². The third-order valence-electron chi connectivity index (χ3n) is 7.92. The van der Waals surface area contributed by atoms with Gasteiger partial charge >= 0.3 is 6.36 Å². The lowest BCUT2D eigenvalue weighted by Crippen LogP contribution is -2.30. The first-order valence-electron chi connectivity index (χ1n) is 13.9. The molecular formula is C32H36F3N3O2. The van der Waals surface area contributed by atoms with Gasteiger partial charge in [-0.2, -0.15) is 5.06 Å². The monoisotopic (exact) mass is 551 g/mol. The molecule has 0 N–H and O–H groups in total. The molecule has 2 atom stereocenters. The van der Waals surface area contributed by atoms with Crippen molar-refractivity contribution in [2.75, 3.05) is 19.2 Å². The standard InChI is InChI=1S/C32H36F3N3O2/c1-37(2)30(24-9-5-3-6-10-24)25-16-13-23(14-17-25)15-22-29-36-31(26-11-7-4-8-12-26)38(40-29)27-18-20-28(21-19-27)39-32(33,34)35/h3-12,18-21,23,25,30-31H,13-17,22H2,1-2H3. The molecule has 2 aliphatic rings. The van der Waals surface area contributed by atoms with Crippen LogP contribution in [0.2, 0.25) is 0 Å². The molecule has 0 bridgehead atoms. The first-order chi connectivity index (χ1) is 19.3. The summed E-state index contributed by atoms with van der Waals surface area (Å²) in [6.07, 6.45) is 1.33. The second kappa shape index (κ2) is 12.3. The maximum absolute atomic E-state index is 12.6. The lowest BCUT2D eigenvalue weighted by molar-refractivity contribution is -0.274. The number of hydroxylamine groups is 1. The predicted octanol–water partition coefficient (Wildman–Crippen LogP) is 8.32. The van der Waals surface area contributed by atoms with Crippen LogP contribution < -0.4 is 9.80 Å². The zero-order valence-electron chi connectivity index (χ0n) is 22.9. The Morgan fingerprint density at radius 2 is 1.52 bits per heavy atom. The number of nitrogens with zero attached hydrogens (tertiary/aromatic N) is 3. The van der Waals surface area contributed by atoms with Crippen molar-refractivity contribution < 1.29 is 22.7 Å². The summed E-state index contributed by atoms with van der Waals surface area (Å²) in [4.78, 5) is 13.4. The molecule has 1 aliphatic carbocycles. The third kappa shape index (κ3) is 6.97. The quantitative estimate of drug-likeness (QED) is 0.268. The van der Waals surface area contributed by atoms with Crippen LogP contribution in [0.3, 0.4) is 0 Å². The van der Waals surface area contributed by atoms with Crippen LogP contribution in [0.5, 0.6) is 5.75 Å². The highest BCUT2D eigenvalue weighted by Crippen LogP contribution is 2.41. The Balaban J connectivity index is 1.21. The van der Waals surface area contributed by atoms with Gasteiger partial charge < -0.3 is 14.5 Å². The summed E-state index contributed by atoms with van der Waals surface area (Å²) < 4.78 is 41.9. The highest BCUT2D eigenvalue weighted by Gasteiger charge is 2.34. The molecule has 212 valence electrons. The lowest BCUT2D eigenvalue weighted by Gasteiger charge is -2.37. The summed E-state index contributed by atoms with van der Waals surface area (Å²) >= 11 is 0. The molecule has 0 radical (unpaired) electrons. The van der Waals surface area contributed by atoms with Gasteiger partial charge in [0.05, 0.1) is 5.69 Å². The Bertz CT molecular complexity index is 1240. The van der Waals surface area contributed by atoms with Gasteiger partial charge in [0.25, 0.3) is 0 Å². The Hall–Kier alpha value is -3.52. The molecule has 5 nitrogen and oxygen atoms in total. The number of hydrogen-bond acceptors (Lipinski definition) is 5. The zero-order chi connectivity index (χ0) is 28.1. The molecule has 0 aromatic heterocycles. The van der Waals surface area contributed by atoms with Gasteiger partial charge in [0.15, 0.2) is 6.17 Å². The van der Waals surface area contributed by atoms with Gasteiger partial charge in [-0.1, -0.05) is 73.5 Å². The Kier molecular flexibility index (Phi) is 8.64. The van der Waals surface area contributed by atoms with Crippen molar-refractivity contribution in [3.05, 3.63) is 96.1 Å². The van der Waals surface area contributed by atoms with E-state index in [0.717, 1.165) is 18.4 Å². The van der Waals surface area contributed by atoms with Crippen molar-refractivity contribution in [2.45, 2.75) is 57.1 Å². The molecule has 1 fully saturated rings. The van der Waals surface area contributed by atoms with Crippen LogP contribution in [0.1, 0.15) is 61.9 Å². The SMILES string of the molecule is CN(C)C(c1ccccc1)C1CCC(CCC2=NC(c3ccccc3)N(c3ccc(OC(F)(F)F)cc3)O2)CC1. The fourth-order valence-electron chi connectivity index (χ4n) is 6.07. The zero-order valence-corrected chi connectivity index (χ0v) is 22.9. The Morgan fingerprint density at radius 1 is 0.900 bits per heavy atom. The summed E-state index contributed by atoms with van der Waals surface area (Å²) in [6.45, 7) is 0. The highest BCUT2D eigenvalue weighted by atomic mass is 19.4. The Labute approximate surface area is 234 Å². The smallest absolute Gasteiger partial charge is 0.406 e. The molecule has 1 saturated carbocycles. The van der Waals surface area contributed by atoms with Crippen molar-refractivity contribution in [1.29, 1.82) is 0 Å². The maximum Gasteiger partial charge on any atom is 0.573 e. The van der Waals surface area contributed by atoms with Gasteiger partial charge in [0.1, 0.15) is 5.75 Å². The predicted molar refractivity (Wildman–Crippen MR) is 151 cm³/mol. The second-order valence-electron chi connectivity index (χ2n) is 10.9. The molecule has 40 heavy (non-hydrogen) atoms. The van der Waals surface area contributed by atoms with Crippen LogP contribution in [-0.2, 0) is 4.84 Å². The van der Waals surface area contributed by atoms with Crippen LogP contribution in [-0.4, -0.2) is 31.3 Å². The van der Waals surface area contributed by atoms with Gasteiger partial charge in [-0.05, 0) is 80.6 Å². The van der Waals surface area contributed by atoms with Gasteiger partial charge in [0.2, 0.25) is 5.90 Å². The average molecular weight is 552 g/mol. The van der Waals surface area contributed by atoms with Gasteiger partial charge in [-0.25, -0.2) is 4.99 Å². The summed E-state index contributed by atoms with van der Waals surface area (Å²) in [5, 5.41) is 1.67. The number of benzene rings is 3. The first-order valence-corrected chi connectivity index (χ1v) is 13.9. The molecule has 0 spiro atoms. The van der Waals surface area contributed by atoms with E-state index in [9.17, 15) is 13.2 Å². The maximum atomic E-state index is 12.6. The summed E-state index contributed by atoms with van der Waals surface area (Å²) in [5.74, 6) is 1.63. The van der Waals surface area contributed by atoms with Crippen LogP contribution in [0, 0.1) is 11.8 Å². The number of ether oxygens (including phenoxy) is 1. The molecule has 0 amide bonds. The van der Waals surface area contributed by atoms with E-state index in [0.29, 0.717) is 29.5 Å². The molecule has 2 unspecified atom stereocenters. The van der Waals surface area contributed by atoms with Gasteiger partial charge in [0, 0.05) is 12.5 Å². The van der Waals surface area contributed by atoms with E-state index >= 15 is 0 Å². The highest BCUT2D eigenvalue weighted by molar-refractivity contribution is 5.80. The van der Waals surface area contributed by atoms with E-state index in [1.54, 1.807) is 17.2 Å². The third-order valence-corrected chi connectivity index (χ3v) is 7.92. The minimum Gasteiger partial charge on any atom is -0.406 e. The summed E-state index contributed by atoms with van der Waals surface area (Å²) in [5.41, 5.74) is 2.94. The largest absolute Gasteiger partial charge is 0.573 e. The van der Waals surface area contributed by atoms with Crippen molar-refractivity contribution in [3.63, 3.8) is 0 Å². The topological polar surface area (TPSA) is 37.3 Å². The van der Waals surface area contributed by atoms with E-state index in [-0.39, 0.29) is 5.75 Å². The number of rotatable bonds is 9. The van der Waals surface area contributed by atoms with Crippen molar-refractivity contribution in [3.8, 4) is 5.75 Å². The number of halogens is 3. The molecule has 5 rings (SSSR count). The number of aliphatic imine (C=N–C) groups is 1. The van der Waals surface area contributed by atoms with E-state index in [1.807, 2.05) is 30.3 Å². The van der Waals surface area contributed by atoms with Crippen LogP contribution >= 0.6 is 0 Å². The molecule has 8 heteroatoms. The molecule has 1 heterocycles. The molecule has 1 aliphatic heterocycles. The van der Waals surface area contributed by atoms with Crippen LogP contribution in [0.25, 0.3) is 0 Å². The minimum absolute atomic E-state index is 0.271. The number of hydrogen-bond donors (Lipinski definition) is 0. The molecule has 0 saturated heterocycles. The van der Waals surface area contributed by atoms with Gasteiger partial charge in [-0.15, -0.1) is 13.2 Å². The number of anilines is 1. The first kappa shape index (κ1) is 28.0. The minimum atomic E-state index is -4.73. The fourth-order valence-corrected chi connectivity index (χ4v) is 6.07. The average Bonchev–Trinajstić information content (AvgIpc) is 3.38. The summed E-state index contributed by atoms with van der Waals surface area (Å²) in [7, 11) is 4.34. The second-order valence-corrected chi connectivity index (χ2v) is 10.9. The van der Waals surface area contributed by atoms with E-state index in [2.05, 4.69) is 54.1 Å². The van der Waals surface area contributed by atoms with Crippen molar-refractivity contribution in [1.82, 2.24) is 4.90 Å². The Morgan fingerprint density at radius 3 is 2.12 bits per heavy atom. The fraction of sp³-hybridized carbons (Fsp3) is 0.406.